The number of amides is 2. The summed E-state index contributed by atoms with van der Waals surface area (Å²) < 4.78 is 15.8. The number of hydrogen-bond acceptors (Lipinski definition) is 6. The van der Waals surface area contributed by atoms with Gasteiger partial charge in [0, 0.05) is 17.4 Å². The second-order valence-corrected chi connectivity index (χ2v) is 8.41. The van der Waals surface area contributed by atoms with Crippen LogP contribution in [0.5, 0.6) is 11.5 Å². The molecule has 0 heterocycles. The number of methoxy groups -OCH3 is 1. The first-order valence-electron chi connectivity index (χ1n) is 11.5. The van der Waals surface area contributed by atoms with Gasteiger partial charge in [0.05, 0.1) is 12.7 Å². The molecule has 0 aliphatic carbocycles. The van der Waals surface area contributed by atoms with Gasteiger partial charge in [0.25, 0.3) is 11.8 Å². The van der Waals surface area contributed by atoms with Gasteiger partial charge in [0.1, 0.15) is 11.5 Å². The van der Waals surface area contributed by atoms with Crippen molar-refractivity contribution in [3.63, 3.8) is 0 Å². The third kappa shape index (κ3) is 7.33. The van der Waals surface area contributed by atoms with Crippen molar-refractivity contribution in [1.82, 2.24) is 0 Å². The summed E-state index contributed by atoms with van der Waals surface area (Å²) in [5, 5.41) is 5.56. The Kier molecular flexibility index (Phi) is 9.05. The van der Waals surface area contributed by atoms with E-state index in [4.69, 9.17) is 14.2 Å². The molecule has 3 aromatic rings. The lowest BCUT2D eigenvalue weighted by molar-refractivity contribution is -0.119. The van der Waals surface area contributed by atoms with Crippen LogP contribution in [-0.4, -0.2) is 38.1 Å². The van der Waals surface area contributed by atoms with E-state index in [1.165, 1.54) is 12.1 Å². The van der Waals surface area contributed by atoms with Crippen molar-refractivity contribution < 1.29 is 28.6 Å². The summed E-state index contributed by atoms with van der Waals surface area (Å²) in [7, 11) is 1.55. The SMILES string of the molecule is COc1cccc(NC(=O)COc2ccc(C(=O)OCC(=O)Nc3c(C)cccc3C(C)C)cc2)c1. The molecule has 0 aliphatic heterocycles. The number of esters is 1. The van der Waals surface area contributed by atoms with Crippen LogP contribution in [0.4, 0.5) is 11.4 Å². The van der Waals surface area contributed by atoms with Crippen LogP contribution in [0, 0.1) is 6.92 Å². The number of carbonyl (C=O) groups is 3. The molecule has 3 aromatic carbocycles. The predicted octanol–water partition coefficient (Wildman–Crippen LogP) is 4.94. The standard InChI is InChI=1S/C28H30N2O6/c1-18(2)24-10-5-7-19(3)27(24)30-26(32)17-36-28(33)20-11-13-22(14-12-20)35-16-25(31)29-21-8-6-9-23(15-21)34-4/h5-15,18H,16-17H2,1-4H3,(H,29,31)(H,30,32). The number of para-hydroxylation sites is 1. The van der Waals surface area contributed by atoms with E-state index in [1.54, 1.807) is 43.5 Å². The van der Waals surface area contributed by atoms with Crippen molar-refractivity contribution in [3.05, 3.63) is 83.4 Å². The number of carbonyl (C=O) groups excluding carboxylic acids is 3. The van der Waals surface area contributed by atoms with Crippen molar-refractivity contribution in [2.45, 2.75) is 26.7 Å². The molecule has 0 spiro atoms. The summed E-state index contributed by atoms with van der Waals surface area (Å²) >= 11 is 0. The van der Waals surface area contributed by atoms with Crippen LogP contribution in [-0.2, 0) is 14.3 Å². The van der Waals surface area contributed by atoms with Crippen LogP contribution in [0.15, 0.2) is 66.7 Å². The van der Waals surface area contributed by atoms with Gasteiger partial charge in [-0.2, -0.15) is 0 Å². The quantitative estimate of drug-likeness (QED) is 0.390. The summed E-state index contributed by atoms with van der Waals surface area (Å²) in [4.78, 5) is 36.9. The molecule has 0 saturated heterocycles. The fourth-order valence-corrected chi connectivity index (χ4v) is 3.47. The Hall–Kier alpha value is -4.33. The molecule has 2 N–H and O–H groups in total. The van der Waals surface area contributed by atoms with Crippen LogP contribution in [0.3, 0.4) is 0 Å². The lowest BCUT2D eigenvalue weighted by atomic mass is 9.98. The first kappa shape index (κ1) is 26.3. The highest BCUT2D eigenvalue weighted by molar-refractivity contribution is 5.96. The van der Waals surface area contributed by atoms with E-state index in [2.05, 4.69) is 10.6 Å². The van der Waals surface area contributed by atoms with Gasteiger partial charge in [-0.25, -0.2) is 4.79 Å². The maximum absolute atomic E-state index is 12.4. The van der Waals surface area contributed by atoms with Gasteiger partial charge in [0.15, 0.2) is 13.2 Å². The third-order valence-electron chi connectivity index (χ3n) is 5.34. The van der Waals surface area contributed by atoms with Gasteiger partial charge in [-0.1, -0.05) is 38.1 Å². The number of nitrogens with one attached hydrogen (secondary N) is 2. The predicted molar refractivity (Wildman–Crippen MR) is 138 cm³/mol. The van der Waals surface area contributed by atoms with Crippen molar-refractivity contribution in [2.24, 2.45) is 0 Å². The maximum Gasteiger partial charge on any atom is 0.338 e. The molecule has 0 atom stereocenters. The maximum atomic E-state index is 12.4. The second kappa shape index (κ2) is 12.4. The molecule has 0 aliphatic rings. The largest absolute Gasteiger partial charge is 0.497 e. The summed E-state index contributed by atoms with van der Waals surface area (Å²) in [6.45, 7) is 5.39. The second-order valence-electron chi connectivity index (χ2n) is 8.41. The lowest BCUT2D eigenvalue weighted by Gasteiger charge is -2.16. The minimum Gasteiger partial charge on any atom is -0.497 e. The highest BCUT2D eigenvalue weighted by Gasteiger charge is 2.15. The Morgan fingerprint density at radius 3 is 2.22 bits per heavy atom. The van der Waals surface area contributed by atoms with Crippen molar-refractivity contribution in [3.8, 4) is 11.5 Å². The van der Waals surface area contributed by atoms with Crippen LogP contribution in [0.25, 0.3) is 0 Å². The van der Waals surface area contributed by atoms with E-state index in [9.17, 15) is 14.4 Å². The third-order valence-corrected chi connectivity index (χ3v) is 5.34. The molecular weight excluding hydrogens is 460 g/mol. The zero-order valence-corrected chi connectivity index (χ0v) is 20.8. The van der Waals surface area contributed by atoms with Crippen molar-refractivity contribution >= 4 is 29.2 Å². The fourth-order valence-electron chi connectivity index (χ4n) is 3.47. The summed E-state index contributed by atoms with van der Waals surface area (Å²) in [6.07, 6.45) is 0. The lowest BCUT2D eigenvalue weighted by Crippen LogP contribution is -2.22. The first-order chi connectivity index (χ1) is 17.3. The topological polar surface area (TPSA) is 103 Å². The average Bonchev–Trinajstić information content (AvgIpc) is 2.87. The highest BCUT2D eigenvalue weighted by atomic mass is 16.5. The molecule has 8 heteroatoms. The Morgan fingerprint density at radius 2 is 1.53 bits per heavy atom. The minimum atomic E-state index is -0.638. The van der Waals surface area contributed by atoms with Crippen molar-refractivity contribution in [2.75, 3.05) is 31.0 Å². The molecule has 0 unspecified atom stereocenters. The van der Waals surface area contributed by atoms with Gasteiger partial charge in [0.2, 0.25) is 0 Å². The van der Waals surface area contributed by atoms with Crippen LogP contribution < -0.4 is 20.1 Å². The number of rotatable bonds is 10. The van der Waals surface area contributed by atoms with Crippen molar-refractivity contribution in [1.29, 1.82) is 0 Å². The van der Waals surface area contributed by atoms with E-state index in [-0.39, 0.29) is 24.0 Å². The van der Waals surface area contributed by atoms with Crippen LogP contribution >= 0.6 is 0 Å². The number of aryl methyl sites for hydroxylation is 1. The van der Waals surface area contributed by atoms with Gasteiger partial charge >= 0.3 is 5.97 Å². The highest BCUT2D eigenvalue weighted by Crippen LogP contribution is 2.27. The smallest absolute Gasteiger partial charge is 0.338 e. The van der Waals surface area contributed by atoms with Gasteiger partial charge in [-0.15, -0.1) is 0 Å². The molecule has 0 saturated carbocycles. The van der Waals surface area contributed by atoms with E-state index in [1.807, 2.05) is 39.0 Å². The minimum absolute atomic E-state index is 0.210. The summed E-state index contributed by atoms with van der Waals surface area (Å²) in [5.41, 5.74) is 3.55. The molecule has 0 bridgehead atoms. The zero-order chi connectivity index (χ0) is 26.1. The van der Waals surface area contributed by atoms with E-state index in [0.717, 1.165) is 16.8 Å². The van der Waals surface area contributed by atoms with E-state index in [0.29, 0.717) is 17.2 Å². The Balaban J connectivity index is 1.47. The average molecular weight is 491 g/mol. The first-order valence-corrected chi connectivity index (χ1v) is 11.5. The summed E-state index contributed by atoms with van der Waals surface area (Å²) in [5.74, 6) is -0.124. The molecule has 0 radical (unpaired) electrons. The van der Waals surface area contributed by atoms with Crippen LogP contribution in [0.1, 0.15) is 41.3 Å². The Morgan fingerprint density at radius 1 is 0.833 bits per heavy atom. The molecule has 36 heavy (non-hydrogen) atoms. The molecule has 0 aromatic heterocycles. The number of ether oxygens (including phenoxy) is 3. The molecule has 3 rings (SSSR count). The van der Waals surface area contributed by atoms with Gasteiger partial charge in [-0.3, -0.25) is 9.59 Å². The number of hydrogen-bond donors (Lipinski definition) is 2. The number of benzene rings is 3. The molecule has 188 valence electrons. The molecule has 0 fully saturated rings. The molecule has 8 nitrogen and oxygen atoms in total. The van der Waals surface area contributed by atoms with E-state index >= 15 is 0 Å². The normalized spacial score (nSPS) is 10.5. The van der Waals surface area contributed by atoms with Gasteiger partial charge in [-0.05, 0) is 60.4 Å². The fraction of sp³-hybridized carbons (Fsp3) is 0.250. The Bertz CT molecular complexity index is 1220. The summed E-state index contributed by atoms with van der Waals surface area (Å²) in [6, 6.07) is 18.9. The number of anilines is 2. The molecular formula is C28H30N2O6. The Labute approximate surface area is 210 Å². The van der Waals surface area contributed by atoms with E-state index < -0.39 is 18.5 Å². The van der Waals surface area contributed by atoms with Crippen LogP contribution in [0.2, 0.25) is 0 Å². The zero-order valence-electron chi connectivity index (χ0n) is 20.8. The molecule has 2 amide bonds. The van der Waals surface area contributed by atoms with Gasteiger partial charge < -0.3 is 24.8 Å². The monoisotopic (exact) mass is 490 g/mol.